The van der Waals surface area contributed by atoms with Crippen LogP contribution in [-0.4, -0.2) is 87.1 Å². The van der Waals surface area contributed by atoms with Gasteiger partial charge in [-0.05, 0) is 37.2 Å². The second-order valence-corrected chi connectivity index (χ2v) is 9.06. The van der Waals surface area contributed by atoms with Crippen molar-refractivity contribution < 1.29 is 44.1 Å². The van der Waals surface area contributed by atoms with E-state index in [0.29, 0.717) is 12.2 Å². The maximum Gasteiger partial charge on any atom is 0.326 e. The number of hydrogen-bond acceptors (Lipinski definition) is 8. The maximum atomic E-state index is 12.9. The van der Waals surface area contributed by atoms with Crippen LogP contribution in [0.4, 0.5) is 0 Å². The molecule has 0 aliphatic carbocycles. The summed E-state index contributed by atoms with van der Waals surface area (Å²) in [5.41, 5.74) is 5.88. The van der Waals surface area contributed by atoms with Gasteiger partial charge in [-0.2, -0.15) is 11.8 Å². The molecule has 0 bridgehead atoms. The zero-order valence-corrected chi connectivity index (χ0v) is 20.9. The fourth-order valence-corrected chi connectivity index (χ4v) is 3.36. The Labute approximate surface area is 208 Å². The third-order valence-corrected chi connectivity index (χ3v) is 5.99. The predicted molar refractivity (Wildman–Crippen MR) is 128 cm³/mol. The van der Waals surface area contributed by atoms with Gasteiger partial charge in [-0.3, -0.25) is 24.0 Å². The third-order valence-electron chi connectivity index (χ3n) is 5.34. The second-order valence-electron chi connectivity index (χ2n) is 8.08. The van der Waals surface area contributed by atoms with Crippen molar-refractivity contribution >= 4 is 47.4 Å². The zero-order valence-electron chi connectivity index (χ0n) is 20.1. The molecule has 0 heterocycles. The van der Waals surface area contributed by atoms with Crippen LogP contribution in [0.1, 0.15) is 52.4 Å². The zero-order chi connectivity index (χ0) is 27.1. The minimum absolute atomic E-state index is 0.104. The summed E-state index contributed by atoms with van der Waals surface area (Å²) >= 11 is 1.37. The predicted octanol–water partition coefficient (Wildman–Crippen LogP) is -0.618. The highest BCUT2D eigenvalue weighted by molar-refractivity contribution is 7.98. The van der Waals surface area contributed by atoms with Gasteiger partial charge in [0.05, 0.1) is 6.04 Å². The summed E-state index contributed by atoms with van der Waals surface area (Å²) in [7, 11) is 0. The lowest BCUT2D eigenvalue weighted by Gasteiger charge is -2.25. The van der Waals surface area contributed by atoms with Crippen LogP contribution in [0.3, 0.4) is 0 Å². The minimum Gasteiger partial charge on any atom is -0.481 e. The van der Waals surface area contributed by atoms with Crippen LogP contribution >= 0.6 is 11.8 Å². The van der Waals surface area contributed by atoms with E-state index in [9.17, 15) is 33.9 Å². The van der Waals surface area contributed by atoms with Crippen LogP contribution < -0.4 is 21.7 Å². The van der Waals surface area contributed by atoms with Gasteiger partial charge in [0.2, 0.25) is 17.7 Å². The fraction of sp³-hybridized carbons (Fsp3) is 0.714. The molecule has 0 aromatic rings. The number of carboxylic acids is 3. The van der Waals surface area contributed by atoms with Gasteiger partial charge in [-0.15, -0.1) is 0 Å². The smallest absolute Gasteiger partial charge is 0.326 e. The molecular weight excluding hydrogens is 484 g/mol. The summed E-state index contributed by atoms with van der Waals surface area (Å²) < 4.78 is 0. The first kappa shape index (κ1) is 32.1. The number of amides is 3. The monoisotopic (exact) mass is 520 g/mol. The molecular formula is C21H36N4O9S. The average Bonchev–Trinajstić information content (AvgIpc) is 2.79. The van der Waals surface area contributed by atoms with E-state index in [2.05, 4.69) is 16.0 Å². The number of hydrogen-bond donors (Lipinski definition) is 7. The van der Waals surface area contributed by atoms with Crippen LogP contribution in [0.5, 0.6) is 0 Å². The van der Waals surface area contributed by atoms with Gasteiger partial charge in [0.1, 0.15) is 18.1 Å². The Morgan fingerprint density at radius 3 is 1.57 bits per heavy atom. The lowest BCUT2D eigenvalue weighted by molar-refractivity contribution is -0.143. The van der Waals surface area contributed by atoms with Crippen molar-refractivity contribution in [3.05, 3.63) is 0 Å². The van der Waals surface area contributed by atoms with Crippen LogP contribution in [-0.2, 0) is 28.8 Å². The summed E-state index contributed by atoms with van der Waals surface area (Å²) in [6.45, 7) is 3.56. The molecule has 0 fully saturated rings. The summed E-state index contributed by atoms with van der Waals surface area (Å²) in [5, 5.41) is 34.3. The Balaban J connectivity index is 5.63. The van der Waals surface area contributed by atoms with Gasteiger partial charge in [-0.1, -0.05) is 20.3 Å². The van der Waals surface area contributed by atoms with Crippen molar-refractivity contribution in [2.45, 2.75) is 76.5 Å². The minimum atomic E-state index is -1.43. The lowest BCUT2D eigenvalue weighted by Crippen LogP contribution is -2.57. The molecule has 5 atom stereocenters. The maximum absolute atomic E-state index is 12.9. The Bertz CT molecular complexity index is 765. The van der Waals surface area contributed by atoms with Crippen molar-refractivity contribution in [2.75, 3.05) is 12.0 Å². The summed E-state index contributed by atoms with van der Waals surface area (Å²) in [6, 6.07) is -5.00. The molecule has 0 aliphatic rings. The molecule has 0 radical (unpaired) electrons. The quantitative estimate of drug-likeness (QED) is 0.120. The molecule has 0 spiro atoms. The molecule has 0 aromatic heterocycles. The number of rotatable bonds is 18. The first-order valence-electron chi connectivity index (χ1n) is 11.2. The van der Waals surface area contributed by atoms with E-state index in [1.165, 1.54) is 11.8 Å². The molecule has 0 rings (SSSR count). The van der Waals surface area contributed by atoms with Gasteiger partial charge >= 0.3 is 17.9 Å². The van der Waals surface area contributed by atoms with Crippen molar-refractivity contribution in [3.8, 4) is 0 Å². The van der Waals surface area contributed by atoms with E-state index < -0.39 is 72.6 Å². The second kappa shape index (κ2) is 16.7. The number of nitrogens with two attached hydrogens (primary N) is 1. The first-order valence-corrected chi connectivity index (χ1v) is 12.5. The van der Waals surface area contributed by atoms with Crippen LogP contribution in [0.2, 0.25) is 0 Å². The van der Waals surface area contributed by atoms with Crippen molar-refractivity contribution in [1.82, 2.24) is 16.0 Å². The molecule has 0 aromatic carbocycles. The van der Waals surface area contributed by atoms with E-state index in [-0.39, 0.29) is 25.2 Å². The molecule has 8 N–H and O–H groups in total. The summed E-state index contributed by atoms with van der Waals surface area (Å²) in [4.78, 5) is 71.6. The number of carboxylic acid groups (broad SMARTS) is 3. The Morgan fingerprint density at radius 1 is 0.771 bits per heavy atom. The van der Waals surface area contributed by atoms with E-state index in [1.807, 2.05) is 6.92 Å². The summed E-state index contributed by atoms with van der Waals surface area (Å²) in [5.74, 6) is -6.05. The largest absolute Gasteiger partial charge is 0.481 e. The van der Waals surface area contributed by atoms with Gasteiger partial charge in [0, 0.05) is 12.8 Å². The standard InChI is InChI=1S/C21H36N4O9S/c1-4-11(2)17(22)20(32)24-13(6-8-16(28)29)18(30)23-12(5-7-15(26)27)19(31)25-14(21(33)34)9-10-35-3/h11-14,17H,4-10,22H2,1-3H3,(H,23,30)(H,24,32)(H,25,31)(H,26,27)(H,28,29)(H,33,34). The molecule has 0 saturated heterocycles. The van der Waals surface area contributed by atoms with Gasteiger partial charge < -0.3 is 37.0 Å². The van der Waals surface area contributed by atoms with Crippen LogP contribution in [0.15, 0.2) is 0 Å². The molecule has 200 valence electrons. The highest BCUT2D eigenvalue weighted by Gasteiger charge is 2.31. The van der Waals surface area contributed by atoms with Crippen LogP contribution in [0, 0.1) is 5.92 Å². The van der Waals surface area contributed by atoms with E-state index in [0.717, 1.165) is 0 Å². The molecule has 0 saturated carbocycles. The molecule has 35 heavy (non-hydrogen) atoms. The fourth-order valence-electron chi connectivity index (χ4n) is 2.89. The highest BCUT2D eigenvalue weighted by atomic mass is 32.2. The van der Waals surface area contributed by atoms with E-state index in [4.69, 9.17) is 15.9 Å². The Morgan fingerprint density at radius 2 is 1.20 bits per heavy atom. The van der Waals surface area contributed by atoms with Crippen LogP contribution in [0.25, 0.3) is 0 Å². The van der Waals surface area contributed by atoms with Crippen molar-refractivity contribution in [2.24, 2.45) is 11.7 Å². The normalized spacial score (nSPS) is 15.1. The van der Waals surface area contributed by atoms with E-state index >= 15 is 0 Å². The topological polar surface area (TPSA) is 225 Å². The molecule has 3 amide bonds. The number of aliphatic carboxylic acids is 3. The molecule has 14 heteroatoms. The van der Waals surface area contributed by atoms with E-state index in [1.54, 1.807) is 13.2 Å². The average molecular weight is 521 g/mol. The number of thioether (sulfide) groups is 1. The molecule has 0 aliphatic heterocycles. The van der Waals surface area contributed by atoms with Gasteiger partial charge in [0.15, 0.2) is 0 Å². The first-order chi connectivity index (χ1) is 16.3. The van der Waals surface area contributed by atoms with Gasteiger partial charge in [-0.25, -0.2) is 4.79 Å². The lowest BCUT2D eigenvalue weighted by atomic mass is 9.98. The number of carbonyl (C=O) groups is 6. The van der Waals surface area contributed by atoms with Crippen molar-refractivity contribution in [3.63, 3.8) is 0 Å². The number of nitrogens with one attached hydrogen (secondary N) is 3. The molecule has 5 unspecified atom stereocenters. The van der Waals surface area contributed by atoms with Gasteiger partial charge in [0.25, 0.3) is 0 Å². The van der Waals surface area contributed by atoms with Crippen molar-refractivity contribution in [1.29, 1.82) is 0 Å². The third kappa shape index (κ3) is 13.0. The number of carbonyl (C=O) groups excluding carboxylic acids is 3. The summed E-state index contributed by atoms with van der Waals surface area (Å²) in [6.07, 6.45) is 0.804. The SMILES string of the molecule is CCC(C)C(N)C(=O)NC(CCC(=O)O)C(=O)NC(CCC(=O)O)C(=O)NC(CCSC)C(=O)O. The Kier molecular flexibility index (Phi) is 15.3. The highest BCUT2D eigenvalue weighted by Crippen LogP contribution is 2.09. The molecule has 13 nitrogen and oxygen atoms in total. The Hall–Kier alpha value is -2.87.